The Kier molecular flexibility index (Phi) is 8.87. The minimum atomic E-state index is -1.56. The van der Waals surface area contributed by atoms with E-state index in [9.17, 15) is 30.3 Å². The quantitative estimate of drug-likeness (QED) is 0.331. The third-order valence-corrected chi connectivity index (χ3v) is 5.16. The molecule has 4 N–H and O–H groups in total. The maximum Gasteiger partial charge on any atom is 1.00 e. The summed E-state index contributed by atoms with van der Waals surface area (Å²) in [5.74, 6) is -0.690. The Balaban J connectivity index is 0.00000341. The van der Waals surface area contributed by atoms with E-state index in [1.54, 1.807) is 18.2 Å². The van der Waals surface area contributed by atoms with Gasteiger partial charge in [-0.25, -0.2) is 0 Å². The number of carboxylic acid groups (broad SMARTS) is 1. The second-order valence-corrected chi connectivity index (χ2v) is 6.91. The summed E-state index contributed by atoms with van der Waals surface area (Å²) in [6.07, 6.45) is -6.79. The van der Waals surface area contributed by atoms with E-state index in [0.29, 0.717) is 22.4 Å². The molecule has 1 heterocycles. The van der Waals surface area contributed by atoms with Crippen LogP contribution in [-0.2, 0) is 4.74 Å². The SMILES string of the molecule is COc1cc(OC)c([C@@H]2O[C@H](CO)[C@H](O)[C@H](O)[C@H]2O)cc1-c1cccc(C(=O)[O-])c1.[Na+]. The zero-order valence-electron chi connectivity index (χ0n) is 17.4. The smallest absolute Gasteiger partial charge is 0.545 e. The first-order chi connectivity index (χ1) is 14.3. The third kappa shape index (κ3) is 5.05. The van der Waals surface area contributed by atoms with Gasteiger partial charge < -0.3 is 44.5 Å². The molecular formula is C21H23NaO9. The summed E-state index contributed by atoms with van der Waals surface area (Å²) < 4.78 is 16.5. The molecule has 0 bridgehead atoms. The first-order valence-corrected chi connectivity index (χ1v) is 9.20. The summed E-state index contributed by atoms with van der Waals surface area (Å²) >= 11 is 0. The molecule has 0 spiro atoms. The Hall–Kier alpha value is -1.69. The van der Waals surface area contributed by atoms with Crippen molar-refractivity contribution in [2.24, 2.45) is 0 Å². The molecule has 0 aromatic heterocycles. The van der Waals surface area contributed by atoms with Gasteiger partial charge in [0.05, 0.1) is 26.8 Å². The fourth-order valence-corrected chi connectivity index (χ4v) is 3.54. The molecule has 162 valence electrons. The molecule has 10 heteroatoms. The van der Waals surface area contributed by atoms with Crippen molar-refractivity contribution in [2.75, 3.05) is 20.8 Å². The van der Waals surface area contributed by atoms with E-state index < -0.39 is 43.1 Å². The molecule has 1 fully saturated rings. The second kappa shape index (κ2) is 10.8. The number of aliphatic hydroxyl groups excluding tert-OH is 4. The molecule has 3 rings (SSSR count). The van der Waals surface area contributed by atoms with Crippen molar-refractivity contribution >= 4 is 5.97 Å². The number of ether oxygens (including phenoxy) is 3. The van der Waals surface area contributed by atoms with E-state index in [4.69, 9.17) is 14.2 Å². The fourth-order valence-electron chi connectivity index (χ4n) is 3.54. The molecule has 1 aliphatic heterocycles. The first-order valence-electron chi connectivity index (χ1n) is 9.20. The zero-order valence-corrected chi connectivity index (χ0v) is 19.4. The number of carbonyl (C=O) groups is 1. The van der Waals surface area contributed by atoms with Gasteiger partial charge in [0.25, 0.3) is 0 Å². The maximum atomic E-state index is 11.2. The van der Waals surface area contributed by atoms with Crippen LogP contribution in [0.25, 0.3) is 11.1 Å². The normalized spacial score (nSPS) is 25.4. The molecule has 0 aliphatic carbocycles. The first kappa shape index (κ1) is 25.6. The number of hydrogen-bond donors (Lipinski definition) is 4. The standard InChI is InChI=1S/C21H24O9.Na/c1-28-14-8-15(29-2)13(20-19(25)18(24)17(23)16(9-22)30-20)7-12(14)10-4-3-5-11(6-10)21(26)27;/h3-8,16-20,22-25H,9H2,1-2H3,(H,26,27);/q;+1/p-1/t16-,17+,18+,19-,20+;/m1./s1. The summed E-state index contributed by atoms with van der Waals surface area (Å²) in [6.45, 7) is -0.569. The van der Waals surface area contributed by atoms with Crippen LogP contribution in [0.15, 0.2) is 36.4 Å². The molecule has 2 aromatic rings. The maximum absolute atomic E-state index is 11.2. The summed E-state index contributed by atoms with van der Waals surface area (Å²) in [5, 5.41) is 51.4. The van der Waals surface area contributed by atoms with E-state index in [1.807, 2.05) is 0 Å². The van der Waals surface area contributed by atoms with Gasteiger partial charge >= 0.3 is 29.6 Å². The average Bonchev–Trinajstić information content (AvgIpc) is 2.77. The van der Waals surface area contributed by atoms with E-state index >= 15 is 0 Å². The van der Waals surface area contributed by atoms with Gasteiger partial charge in [-0.15, -0.1) is 0 Å². The number of carbonyl (C=O) groups excluding carboxylic acids is 1. The van der Waals surface area contributed by atoms with Crippen LogP contribution >= 0.6 is 0 Å². The van der Waals surface area contributed by atoms with Crippen LogP contribution in [0.3, 0.4) is 0 Å². The third-order valence-electron chi connectivity index (χ3n) is 5.16. The van der Waals surface area contributed by atoms with E-state index in [-0.39, 0.29) is 40.9 Å². The van der Waals surface area contributed by atoms with E-state index in [2.05, 4.69) is 0 Å². The number of carboxylic acids is 1. The van der Waals surface area contributed by atoms with Crippen molar-refractivity contribution in [3.63, 3.8) is 0 Å². The zero-order chi connectivity index (χ0) is 22.0. The van der Waals surface area contributed by atoms with E-state index in [0.717, 1.165) is 0 Å². The molecule has 0 saturated carbocycles. The molecule has 0 radical (unpaired) electrons. The summed E-state index contributed by atoms with van der Waals surface area (Å²) in [6, 6.07) is 9.16. The van der Waals surface area contributed by atoms with Gasteiger partial charge in [-0.1, -0.05) is 18.2 Å². The second-order valence-electron chi connectivity index (χ2n) is 6.91. The van der Waals surface area contributed by atoms with E-state index in [1.165, 1.54) is 32.4 Å². The largest absolute Gasteiger partial charge is 1.00 e. The number of aromatic carboxylic acids is 1. The molecule has 5 atom stereocenters. The van der Waals surface area contributed by atoms with Gasteiger partial charge in [0, 0.05) is 17.2 Å². The molecular weight excluding hydrogens is 419 g/mol. The molecule has 9 nitrogen and oxygen atoms in total. The average molecular weight is 442 g/mol. The van der Waals surface area contributed by atoms with Crippen molar-refractivity contribution in [3.8, 4) is 22.6 Å². The predicted octanol–water partition coefficient (Wildman–Crippen LogP) is -3.75. The van der Waals surface area contributed by atoms with Gasteiger partial charge in [-0.2, -0.15) is 0 Å². The predicted molar refractivity (Wildman–Crippen MR) is 102 cm³/mol. The number of hydrogen-bond acceptors (Lipinski definition) is 9. The van der Waals surface area contributed by atoms with Crippen LogP contribution in [0, 0.1) is 0 Å². The van der Waals surface area contributed by atoms with Crippen LogP contribution in [0.2, 0.25) is 0 Å². The van der Waals surface area contributed by atoms with Crippen molar-refractivity contribution in [1.29, 1.82) is 0 Å². The Labute approximate surface area is 201 Å². The van der Waals surface area contributed by atoms with Crippen molar-refractivity contribution < 1.29 is 74.1 Å². The van der Waals surface area contributed by atoms with Crippen LogP contribution in [0.5, 0.6) is 11.5 Å². The number of benzene rings is 2. The Bertz CT molecular complexity index is 918. The summed E-state index contributed by atoms with van der Waals surface area (Å²) in [5.41, 5.74) is 1.28. The number of aliphatic hydroxyl groups is 4. The molecule has 0 unspecified atom stereocenters. The van der Waals surface area contributed by atoms with Crippen LogP contribution < -0.4 is 44.1 Å². The van der Waals surface area contributed by atoms with Gasteiger partial charge in [-0.3, -0.25) is 0 Å². The minimum absolute atomic E-state index is 0. The molecule has 1 saturated heterocycles. The monoisotopic (exact) mass is 442 g/mol. The Morgan fingerprint density at radius 3 is 2.29 bits per heavy atom. The van der Waals surface area contributed by atoms with Crippen molar-refractivity contribution in [1.82, 2.24) is 0 Å². The van der Waals surface area contributed by atoms with Gasteiger partial charge in [0.2, 0.25) is 0 Å². The number of rotatable bonds is 6. The molecule has 1 aliphatic rings. The summed E-state index contributed by atoms with van der Waals surface area (Å²) in [4.78, 5) is 11.2. The molecule has 0 amide bonds. The van der Waals surface area contributed by atoms with Gasteiger partial charge in [0.1, 0.15) is 42.0 Å². The van der Waals surface area contributed by atoms with Crippen LogP contribution in [-0.4, -0.2) is 71.6 Å². The topological polar surface area (TPSA) is 149 Å². The van der Waals surface area contributed by atoms with Gasteiger partial charge in [-0.05, 0) is 23.3 Å². The Morgan fingerprint density at radius 2 is 1.71 bits per heavy atom. The molecule has 2 aromatic carbocycles. The van der Waals surface area contributed by atoms with Crippen LogP contribution in [0.1, 0.15) is 22.0 Å². The number of methoxy groups -OCH3 is 2. The fraction of sp³-hybridized carbons (Fsp3) is 0.381. The van der Waals surface area contributed by atoms with Crippen molar-refractivity contribution in [2.45, 2.75) is 30.5 Å². The Morgan fingerprint density at radius 1 is 1.03 bits per heavy atom. The molecule has 31 heavy (non-hydrogen) atoms. The van der Waals surface area contributed by atoms with Gasteiger partial charge in [0.15, 0.2) is 0 Å². The summed E-state index contributed by atoms with van der Waals surface area (Å²) in [7, 11) is 2.84. The van der Waals surface area contributed by atoms with Crippen LogP contribution in [0.4, 0.5) is 0 Å². The van der Waals surface area contributed by atoms with Crippen molar-refractivity contribution in [3.05, 3.63) is 47.5 Å². The minimum Gasteiger partial charge on any atom is -0.545 e.